The van der Waals surface area contributed by atoms with E-state index in [0.29, 0.717) is 6.54 Å². The molecule has 0 saturated heterocycles. The monoisotopic (exact) mass is 285 g/mol. The maximum atomic E-state index is 6.02. The van der Waals surface area contributed by atoms with E-state index in [1.54, 1.807) is 0 Å². The molecule has 0 saturated carbocycles. The van der Waals surface area contributed by atoms with E-state index in [1.807, 2.05) is 43.4 Å². The van der Waals surface area contributed by atoms with Gasteiger partial charge in [-0.25, -0.2) is 4.98 Å². The van der Waals surface area contributed by atoms with Crippen molar-refractivity contribution in [2.24, 2.45) is 12.8 Å². The van der Waals surface area contributed by atoms with E-state index >= 15 is 0 Å². The summed E-state index contributed by atoms with van der Waals surface area (Å²) < 4.78 is 2.13. The van der Waals surface area contributed by atoms with Gasteiger partial charge in [0.05, 0.1) is 11.0 Å². The molecule has 1 aromatic heterocycles. The van der Waals surface area contributed by atoms with Crippen LogP contribution < -0.4 is 5.73 Å². The number of nitrogens with zero attached hydrogens (tertiary/aromatic N) is 2. The molecule has 3 nitrogen and oxygen atoms in total. The lowest BCUT2D eigenvalue weighted by atomic mass is 10.0. The molecule has 0 radical (unpaired) electrons. The SMILES string of the molecule is Cn1c(Cc2ccc(Cl)cc2CN)nc2ccccc21. The second-order valence-electron chi connectivity index (χ2n) is 4.87. The van der Waals surface area contributed by atoms with Crippen LogP contribution >= 0.6 is 11.6 Å². The molecule has 1 heterocycles. The Hall–Kier alpha value is -1.84. The number of aromatic nitrogens is 2. The van der Waals surface area contributed by atoms with Crippen LogP contribution in [0.15, 0.2) is 42.5 Å². The zero-order chi connectivity index (χ0) is 14.1. The molecule has 3 aromatic rings. The molecular formula is C16H16ClN3. The quantitative estimate of drug-likeness (QED) is 0.802. The van der Waals surface area contributed by atoms with E-state index in [2.05, 4.69) is 10.6 Å². The van der Waals surface area contributed by atoms with Gasteiger partial charge < -0.3 is 10.3 Å². The lowest BCUT2D eigenvalue weighted by molar-refractivity contribution is 0.837. The van der Waals surface area contributed by atoms with Crippen molar-refractivity contribution < 1.29 is 0 Å². The van der Waals surface area contributed by atoms with Gasteiger partial charge in [-0.1, -0.05) is 29.8 Å². The lowest BCUT2D eigenvalue weighted by Crippen LogP contribution is -2.05. The predicted molar refractivity (Wildman–Crippen MR) is 82.9 cm³/mol. The number of fused-ring (bicyclic) bond motifs is 1. The number of nitrogens with two attached hydrogens (primary N) is 1. The Morgan fingerprint density at radius 1 is 1.15 bits per heavy atom. The molecule has 102 valence electrons. The van der Waals surface area contributed by atoms with Crippen LogP contribution in [-0.2, 0) is 20.0 Å². The Balaban J connectivity index is 2.03. The molecule has 0 aliphatic rings. The highest BCUT2D eigenvalue weighted by molar-refractivity contribution is 6.30. The van der Waals surface area contributed by atoms with Gasteiger partial charge in [0.1, 0.15) is 5.82 Å². The average molecular weight is 286 g/mol. The summed E-state index contributed by atoms with van der Waals surface area (Å²) in [6.45, 7) is 0.486. The summed E-state index contributed by atoms with van der Waals surface area (Å²) in [5.41, 5.74) is 10.2. The van der Waals surface area contributed by atoms with Crippen LogP contribution in [0, 0.1) is 0 Å². The standard InChI is InChI=1S/C16H16ClN3/c1-20-15-5-3-2-4-14(15)19-16(20)9-11-6-7-13(17)8-12(11)10-18/h2-8H,9-10,18H2,1H3. The van der Waals surface area contributed by atoms with Crippen LogP contribution in [0.5, 0.6) is 0 Å². The van der Waals surface area contributed by atoms with E-state index in [1.165, 1.54) is 5.56 Å². The third-order valence-corrected chi connectivity index (χ3v) is 3.85. The summed E-state index contributed by atoms with van der Waals surface area (Å²) in [5.74, 6) is 1.03. The van der Waals surface area contributed by atoms with Crippen LogP contribution in [-0.4, -0.2) is 9.55 Å². The van der Waals surface area contributed by atoms with Crippen molar-refractivity contribution in [1.29, 1.82) is 0 Å². The topological polar surface area (TPSA) is 43.8 Å². The van der Waals surface area contributed by atoms with E-state index in [0.717, 1.165) is 33.9 Å². The Morgan fingerprint density at radius 3 is 2.70 bits per heavy atom. The summed E-state index contributed by atoms with van der Waals surface area (Å²) in [7, 11) is 2.04. The lowest BCUT2D eigenvalue weighted by Gasteiger charge is -2.08. The van der Waals surface area contributed by atoms with Crippen LogP contribution in [0.1, 0.15) is 17.0 Å². The molecular weight excluding hydrogens is 270 g/mol. The van der Waals surface area contributed by atoms with Crippen LogP contribution in [0.3, 0.4) is 0 Å². The molecule has 2 aromatic carbocycles. The molecule has 0 unspecified atom stereocenters. The molecule has 20 heavy (non-hydrogen) atoms. The molecule has 0 fully saturated rings. The van der Waals surface area contributed by atoms with Crippen molar-refractivity contribution in [3.63, 3.8) is 0 Å². The number of hydrogen-bond acceptors (Lipinski definition) is 2. The van der Waals surface area contributed by atoms with Crippen molar-refractivity contribution in [1.82, 2.24) is 9.55 Å². The van der Waals surface area contributed by atoms with Crippen molar-refractivity contribution in [2.75, 3.05) is 0 Å². The largest absolute Gasteiger partial charge is 0.331 e. The Kier molecular flexibility index (Phi) is 3.47. The van der Waals surface area contributed by atoms with Crippen LogP contribution in [0.4, 0.5) is 0 Å². The van der Waals surface area contributed by atoms with Crippen molar-refractivity contribution in [2.45, 2.75) is 13.0 Å². The smallest absolute Gasteiger partial charge is 0.114 e. The third kappa shape index (κ3) is 2.30. The first kappa shape index (κ1) is 13.2. The van der Waals surface area contributed by atoms with Gasteiger partial charge >= 0.3 is 0 Å². The van der Waals surface area contributed by atoms with Gasteiger partial charge in [-0.05, 0) is 35.4 Å². The highest BCUT2D eigenvalue weighted by Gasteiger charge is 2.10. The number of aryl methyl sites for hydroxylation is 1. The van der Waals surface area contributed by atoms with Gasteiger partial charge in [0, 0.05) is 25.0 Å². The van der Waals surface area contributed by atoms with Gasteiger partial charge in [-0.2, -0.15) is 0 Å². The highest BCUT2D eigenvalue weighted by Crippen LogP contribution is 2.21. The first-order chi connectivity index (χ1) is 9.69. The number of imidazole rings is 1. The summed E-state index contributed by atoms with van der Waals surface area (Å²) in [4.78, 5) is 4.69. The van der Waals surface area contributed by atoms with Gasteiger partial charge in [0.15, 0.2) is 0 Å². The third-order valence-electron chi connectivity index (χ3n) is 3.62. The fourth-order valence-electron chi connectivity index (χ4n) is 2.48. The fourth-order valence-corrected chi connectivity index (χ4v) is 2.68. The molecule has 0 aliphatic carbocycles. The Labute approximate surface area is 123 Å². The number of halogens is 1. The minimum absolute atomic E-state index is 0.486. The summed E-state index contributed by atoms with van der Waals surface area (Å²) in [5, 5.41) is 0.721. The molecule has 0 atom stereocenters. The summed E-state index contributed by atoms with van der Waals surface area (Å²) in [6, 6.07) is 14.0. The molecule has 3 rings (SSSR count). The maximum absolute atomic E-state index is 6.02. The zero-order valence-corrected chi connectivity index (χ0v) is 12.1. The minimum Gasteiger partial charge on any atom is -0.331 e. The number of hydrogen-bond donors (Lipinski definition) is 1. The second kappa shape index (κ2) is 5.27. The van der Waals surface area contributed by atoms with Crippen LogP contribution in [0.2, 0.25) is 5.02 Å². The van der Waals surface area contributed by atoms with Gasteiger partial charge in [-0.15, -0.1) is 0 Å². The first-order valence-electron chi connectivity index (χ1n) is 6.56. The molecule has 0 bridgehead atoms. The predicted octanol–water partition coefficient (Wildman–Crippen LogP) is 3.28. The minimum atomic E-state index is 0.486. The van der Waals surface area contributed by atoms with Crippen molar-refractivity contribution in [3.05, 3.63) is 64.4 Å². The highest BCUT2D eigenvalue weighted by atomic mass is 35.5. The van der Waals surface area contributed by atoms with E-state index in [-0.39, 0.29) is 0 Å². The summed E-state index contributed by atoms with van der Waals surface area (Å²) in [6.07, 6.45) is 0.759. The Bertz CT molecular complexity index is 762. The van der Waals surface area contributed by atoms with Gasteiger partial charge in [0.2, 0.25) is 0 Å². The number of rotatable bonds is 3. The maximum Gasteiger partial charge on any atom is 0.114 e. The molecule has 4 heteroatoms. The normalized spacial score (nSPS) is 11.2. The van der Waals surface area contributed by atoms with Crippen molar-refractivity contribution >= 4 is 22.6 Å². The van der Waals surface area contributed by atoms with Gasteiger partial charge in [0.25, 0.3) is 0 Å². The second-order valence-corrected chi connectivity index (χ2v) is 5.31. The summed E-state index contributed by atoms with van der Waals surface area (Å²) >= 11 is 6.02. The van der Waals surface area contributed by atoms with E-state index < -0.39 is 0 Å². The number of para-hydroxylation sites is 2. The molecule has 0 amide bonds. The van der Waals surface area contributed by atoms with Crippen LogP contribution in [0.25, 0.3) is 11.0 Å². The molecule has 0 spiro atoms. The average Bonchev–Trinajstić information content (AvgIpc) is 2.78. The first-order valence-corrected chi connectivity index (χ1v) is 6.94. The zero-order valence-electron chi connectivity index (χ0n) is 11.3. The number of benzene rings is 2. The van der Waals surface area contributed by atoms with Gasteiger partial charge in [-0.3, -0.25) is 0 Å². The molecule has 2 N–H and O–H groups in total. The van der Waals surface area contributed by atoms with E-state index in [4.69, 9.17) is 22.3 Å². The molecule has 0 aliphatic heterocycles. The fraction of sp³-hybridized carbons (Fsp3) is 0.188. The van der Waals surface area contributed by atoms with Crippen molar-refractivity contribution in [3.8, 4) is 0 Å². The van der Waals surface area contributed by atoms with E-state index in [9.17, 15) is 0 Å². The Morgan fingerprint density at radius 2 is 1.95 bits per heavy atom.